The fourth-order valence-corrected chi connectivity index (χ4v) is 1.92. The number of rotatable bonds is 11. The molecule has 0 aliphatic rings. The van der Waals surface area contributed by atoms with Crippen LogP contribution in [0, 0.1) is 5.92 Å². The van der Waals surface area contributed by atoms with E-state index in [1.165, 1.54) is 0 Å². The highest BCUT2D eigenvalue weighted by Crippen LogP contribution is 2.08. The first-order chi connectivity index (χ1) is 9.38. The first-order valence-electron chi connectivity index (χ1n) is 7.65. The normalized spacial score (nSPS) is 12.8. The van der Waals surface area contributed by atoms with Crippen molar-refractivity contribution in [3.05, 3.63) is 0 Å². The third kappa shape index (κ3) is 9.04. The number of nitrogens with two attached hydrogens (primary N) is 1. The Kier molecular flexibility index (Phi) is 10.3. The summed E-state index contributed by atoms with van der Waals surface area (Å²) in [4.78, 5) is 24.0. The Bertz CT molecular complexity index is 291. The van der Waals surface area contributed by atoms with E-state index in [1.54, 1.807) is 0 Å². The van der Waals surface area contributed by atoms with Gasteiger partial charge in [-0.25, -0.2) is 0 Å². The molecule has 0 bridgehead atoms. The van der Waals surface area contributed by atoms with Gasteiger partial charge >= 0.3 is 0 Å². The van der Waals surface area contributed by atoms with Gasteiger partial charge in [-0.3, -0.25) is 9.59 Å². The first-order valence-corrected chi connectivity index (χ1v) is 7.65. The number of Topliss-reactive ketones (excluding diaryl/α,β-unsaturated/α-hetero) is 1. The van der Waals surface area contributed by atoms with Crippen molar-refractivity contribution in [2.24, 2.45) is 11.7 Å². The number of unbranched alkanes of at least 4 members (excludes halogenated alkanes) is 1. The molecule has 0 aliphatic heterocycles. The Balaban J connectivity index is 4.25. The maximum Gasteiger partial charge on any atom is 0.221 e. The van der Waals surface area contributed by atoms with Gasteiger partial charge in [0.1, 0.15) is 0 Å². The highest BCUT2D eigenvalue weighted by atomic mass is 16.2. The van der Waals surface area contributed by atoms with Crippen LogP contribution in [-0.2, 0) is 9.59 Å². The molecule has 0 radical (unpaired) electrons. The zero-order chi connectivity index (χ0) is 15.5. The average Bonchev–Trinajstić information content (AvgIpc) is 2.36. The molecule has 20 heavy (non-hydrogen) atoms. The van der Waals surface area contributed by atoms with Crippen molar-refractivity contribution in [3.8, 4) is 0 Å². The molecule has 0 unspecified atom stereocenters. The standard InChI is InChI=1S/C15H31N3O2/c1-11(2)15(20)13(7-5-6-9-16)18-14(19)8-10-17-12(3)4/h11-13,17H,5-10,16H2,1-4H3,(H,18,19)/t13-/m0/s1. The second kappa shape index (κ2) is 10.8. The fraction of sp³-hybridized carbons (Fsp3) is 0.867. The van der Waals surface area contributed by atoms with Crippen LogP contribution in [0.3, 0.4) is 0 Å². The minimum Gasteiger partial charge on any atom is -0.346 e. The molecule has 0 aromatic heterocycles. The van der Waals surface area contributed by atoms with Crippen molar-refractivity contribution in [1.82, 2.24) is 10.6 Å². The summed E-state index contributed by atoms with van der Waals surface area (Å²) in [6.45, 7) is 9.06. The minimum atomic E-state index is -0.368. The van der Waals surface area contributed by atoms with Gasteiger partial charge in [-0.05, 0) is 25.8 Å². The topological polar surface area (TPSA) is 84.2 Å². The Morgan fingerprint density at radius 2 is 1.75 bits per heavy atom. The summed E-state index contributed by atoms with van der Waals surface area (Å²) in [5.74, 6) is -0.0240. The smallest absolute Gasteiger partial charge is 0.221 e. The Morgan fingerprint density at radius 3 is 2.25 bits per heavy atom. The zero-order valence-corrected chi connectivity index (χ0v) is 13.4. The number of carbonyl (C=O) groups is 2. The van der Waals surface area contributed by atoms with Crippen LogP contribution in [-0.4, -0.2) is 36.9 Å². The molecule has 0 fully saturated rings. The Hall–Kier alpha value is -0.940. The lowest BCUT2D eigenvalue weighted by atomic mass is 9.97. The molecule has 0 aromatic rings. The van der Waals surface area contributed by atoms with Crippen molar-refractivity contribution in [2.45, 2.75) is 65.5 Å². The minimum absolute atomic E-state index is 0.0630. The van der Waals surface area contributed by atoms with Crippen molar-refractivity contribution < 1.29 is 9.59 Å². The Labute approximate surface area is 123 Å². The Morgan fingerprint density at radius 1 is 1.10 bits per heavy atom. The van der Waals surface area contributed by atoms with Crippen LogP contribution in [0.25, 0.3) is 0 Å². The number of hydrogen-bond acceptors (Lipinski definition) is 4. The maximum absolute atomic E-state index is 12.1. The molecule has 1 amide bonds. The van der Waals surface area contributed by atoms with Gasteiger partial charge in [-0.15, -0.1) is 0 Å². The molecular weight excluding hydrogens is 254 g/mol. The molecule has 5 heteroatoms. The highest BCUT2D eigenvalue weighted by Gasteiger charge is 2.22. The second-order valence-corrected chi connectivity index (χ2v) is 5.82. The van der Waals surface area contributed by atoms with Gasteiger partial charge in [0.15, 0.2) is 5.78 Å². The first kappa shape index (κ1) is 19.1. The third-order valence-corrected chi connectivity index (χ3v) is 3.10. The summed E-state index contributed by atoms with van der Waals surface area (Å²) in [5, 5.41) is 6.05. The molecule has 5 nitrogen and oxygen atoms in total. The average molecular weight is 285 g/mol. The molecule has 0 heterocycles. The van der Waals surface area contributed by atoms with Gasteiger partial charge < -0.3 is 16.4 Å². The highest BCUT2D eigenvalue weighted by molar-refractivity contribution is 5.90. The summed E-state index contributed by atoms with van der Waals surface area (Å²) in [6, 6.07) is -0.00597. The second-order valence-electron chi connectivity index (χ2n) is 5.82. The van der Waals surface area contributed by atoms with E-state index >= 15 is 0 Å². The summed E-state index contributed by atoms with van der Waals surface area (Å²) in [6.07, 6.45) is 2.82. The zero-order valence-electron chi connectivity index (χ0n) is 13.4. The fourth-order valence-electron chi connectivity index (χ4n) is 1.92. The predicted octanol–water partition coefficient (Wildman–Crippen LogP) is 1.21. The molecule has 0 spiro atoms. The summed E-state index contributed by atoms with van der Waals surface area (Å²) < 4.78 is 0. The van der Waals surface area contributed by atoms with E-state index in [0.717, 1.165) is 12.8 Å². The van der Waals surface area contributed by atoms with E-state index in [-0.39, 0.29) is 23.7 Å². The van der Waals surface area contributed by atoms with Crippen molar-refractivity contribution in [1.29, 1.82) is 0 Å². The monoisotopic (exact) mass is 285 g/mol. The van der Waals surface area contributed by atoms with E-state index in [1.807, 2.05) is 27.7 Å². The van der Waals surface area contributed by atoms with Gasteiger partial charge in [0.2, 0.25) is 5.91 Å². The van der Waals surface area contributed by atoms with E-state index < -0.39 is 0 Å². The number of nitrogens with one attached hydrogen (secondary N) is 2. The van der Waals surface area contributed by atoms with Crippen LogP contribution in [0.2, 0.25) is 0 Å². The van der Waals surface area contributed by atoms with Gasteiger partial charge in [0.25, 0.3) is 0 Å². The lowest BCUT2D eigenvalue weighted by Crippen LogP contribution is -2.43. The summed E-state index contributed by atoms with van der Waals surface area (Å²) >= 11 is 0. The maximum atomic E-state index is 12.1. The molecule has 118 valence electrons. The van der Waals surface area contributed by atoms with E-state index in [2.05, 4.69) is 10.6 Å². The third-order valence-electron chi connectivity index (χ3n) is 3.10. The quantitative estimate of drug-likeness (QED) is 0.498. The molecular formula is C15H31N3O2. The van der Waals surface area contributed by atoms with Crippen molar-refractivity contribution in [3.63, 3.8) is 0 Å². The lowest BCUT2D eigenvalue weighted by Gasteiger charge is -2.20. The van der Waals surface area contributed by atoms with Crippen LogP contribution in [0.5, 0.6) is 0 Å². The van der Waals surface area contributed by atoms with Crippen LogP contribution in [0.1, 0.15) is 53.4 Å². The van der Waals surface area contributed by atoms with Crippen LogP contribution < -0.4 is 16.4 Å². The van der Waals surface area contributed by atoms with Gasteiger partial charge in [0, 0.05) is 24.9 Å². The van der Waals surface area contributed by atoms with Crippen LogP contribution in [0.4, 0.5) is 0 Å². The number of hydrogen-bond donors (Lipinski definition) is 3. The number of ketones is 1. The van der Waals surface area contributed by atoms with E-state index in [0.29, 0.717) is 32.0 Å². The van der Waals surface area contributed by atoms with Crippen LogP contribution >= 0.6 is 0 Å². The van der Waals surface area contributed by atoms with Gasteiger partial charge in [-0.2, -0.15) is 0 Å². The molecule has 4 N–H and O–H groups in total. The van der Waals surface area contributed by atoms with Crippen LogP contribution in [0.15, 0.2) is 0 Å². The number of amides is 1. The molecule has 0 aromatic carbocycles. The van der Waals surface area contributed by atoms with Crippen molar-refractivity contribution >= 4 is 11.7 Å². The molecule has 0 saturated heterocycles. The van der Waals surface area contributed by atoms with Crippen molar-refractivity contribution in [2.75, 3.05) is 13.1 Å². The largest absolute Gasteiger partial charge is 0.346 e. The van der Waals surface area contributed by atoms with E-state index in [4.69, 9.17) is 5.73 Å². The SMILES string of the molecule is CC(C)NCCC(=O)N[C@@H](CCCCN)C(=O)C(C)C. The summed E-state index contributed by atoms with van der Waals surface area (Å²) in [5.41, 5.74) is 5.47. The van der Waals surface area contributed by atoms with E-state index in [9.17, 15) is 9.59 Å². The number of carbonyl (C=O) groups excluding carboxylic acids is 2. The molecule has 0 rings (SSSR count). The van der Waals surface area contributed by atoms with Gasteiger partial charge in [-0.1, -0.05) is 27.7 Å². The molecule has 1 atom stereocenters. The predicted molar refractivity (Wildman–Crippen MR) is 82.4 cm³/mol. The lowest BCUT2D eigenvalue weighted by molar-refractivity contribution is -0.129. The molecule has 0 aliphatic carbocycles. The summed E-state index contributed by atoms with van der Waals surface area (Å²) in [7, 11) is 0. The van der Waals surface area contributed by atoms with Gasteiger partial charge in [0.05, 0.1) is 6.04 Å². The molecule has 0 saturated carbocycles.